The van der Waals surface area contributed by atoms with Crippen LogP contribution in [0, 0.1) is 6.92 Å². The van der Waals surface area contributed by atoms with Crippen LogP contribution < -0.4 is 0 Å². The van der Waals surface area contributed by atoms with Gasteiger partial charge in [-0.05, 0) is 27.7 Å². The van der Waals surface area contributed by atoms with Gasteiger partial charge in [-0.1, -0.05) is 0 Å². The van der Waals surface area contributed by atoms with Gasteiger partial charge < -0.3 is 10.2 Å². The molecule has 0 amide bonds. The van der Waals surface area contributed by atoms with Crippen LogP contribution in [0.15, 0.2) is 0 Å². The number of nitrogens with zero attached hydrogens (tertiary/aromatic N) is 1. The van der Waals surface area contributed by atoms with Crippen molar-refractivity contribution in [2.75, 3.05) is 0 Å². The van der Waals surface area contributed by atoms with Crippen LogP contribution in [-0.4, -0.2) is 33.6 Å². The van der Waals surface area contributed by atoms with Crippen LogP contribution in [-0.2, 0) is 0 Å². The highest BCUT2D eigenvalue weighted by Gasteiger charge is 2.18. The van der Waals surface area contributed by atoms with Crippen LogP contribution in [0.5, 0.6) is 0 Å². The zero-order chi connectivity index (χ0) is 8.31. The minimum Gasteiger partial charge on any atom is -0.379 e. The smallest absolute Gasteiger partial charge is 0.106 e. The Morgan fingerprint density at radius 2 is 1.40 bits per heavy atom. The molecule has 0 bridgehead atoms. The van der Waals surface area contributed by atoms with E-state index in [4.69, 9.17) is 10.2 Å². The van der Waals surface area contributed by atoms with Crippen LogP contribution in [0.2, 0.25) is 0 Å². The third-order valence-corrected chi connectivity index (χ3v) is 1.37. The molecule has 0 aromatic rings. The van der Waals surface area contributed by atoms with Gasteiger partial charge in [-0.2, -0.15) is 0 Å². The maximum atomic E-state index is 9.08. The second kappa shape index (κ2) is 3.91. The van der Waals surface area contributed by atoms with E-state index in [1.54, 1.807) is 13.8 Å². The van der Waals surface area contributed by atoms with Gasteiger partial charge >= 0.3 is 0 Å². The van der Waals surface area contributed by atoms with Crippen molar-refractivity contribution in [3.8, 4) is 0 Å². The van der Waals surface area contributed by atoms with Crippen molar-refractivity contribution in [2.45, 2.75) is 39.3 Å². The summed E-state index contributed by atoms with van der Waals surface area (Å²) in [5.41, 5.74) is 0. The molecule has 3 nitrogen and oxygen atoms in total. The summed E-state index contributed by atoms with van der Waals surface area (Å²) in [6.45, 7) is 8.72. The molecule has 0 aliphatic carbocycles. The van der Waals surface area contributed by atoms with Crippen LogP contribution in [0.4, 0.5) is 0 Å². The van der Waals surface area contributed by atoms with Crippen LogP contribution in [0.3, 0.4) is 0 Å². The standard InChI is InChI=1S/C7H16NO2/c1-5(2)8(6(3)9)7(4)10/h5-7,9-10H,1H2,2-4H3. The van der Waals surface area contributed by atoms with E-state index in [9.17, 15) is 0 Å². The fourth-order valence-electron chi connectivity index (χ4n) is 1.05. The van der Waals surface area contributed by atoms with Crippen molar-refractivity contribution in [3.05, 3.63) is 6.92 Å². The predicted molar refractivity (Wildman–Crippen MR) is 40.0 cm³/mol. The van der Waals surface area contributed by atoms with Gasteiger partial charge in [-0.25, -0.2) is 0 Å². The van der Waals surface area contributed by atoms with Crippen molar-refractivity contribution in [1.29, 1.82) is 0 Å². The molecule has 10 heavy (non-hydrogen) atoms. The summed E-state index contributed by atoms with van der Waals surface area (Å²) in [4.78, 5) is 1.50. The summed E-state index contributed by atoms with van der Waals surface area (Å²) in [6, 6.07) is -0.0833. The maximum absolute atomic E-state index is 9.08. The van der Waals surface area contributed by atoms with Gasteiger partial charge in [0.25, 0.3) is 0 Å². The van der Waals surface area contributed by atoms with E-state index in [0.717, 1.165) is 0 Å². The summed E-state index contributed by atoms with van der Waals surface area (Å²) >= 11 is 0. The first kappa shape index (κ1) is 9.88. The molecule has 0 aliphatic rings. The lowest BCUT2D eigenvalue weighted by Crippen LogP contribution is -2.44. The monoisotopic (exact) mass is 146 g/mol. The molecule has 0 saturated carbocycles. The molecular weight excluding hydrogens is 130 g/mol. The topological polar surface area (TPSA) is 43.7 Å². The van der Waals surface area contributed by atoms with E-state index < -0.39 is 12.5 Å². The quantitative estimate of drug-likeness (QED) is 0.558. The lowest BCUT2D eigenvalue weighted by molar-refractivity contribution is -0.0964. The van der Waals surface area contributed by atoms with Gasteiger partial charge in [-0.15, -0.1) is 0 Å². The van der Waals surface area contributed by atoms with Gasteiger partial charge in [0, 0.05) is 6.04 Å². The molecular formula is C7H16NO2. The van der Waals surface area contributed by atoms with E-state index >= 15 is 0 Å². The van der Waals surface area contributed by atoms with E-state index in [-0.39, 0.29) is 6.04 Å². The molecule has 0 aromatic carbocycles. The molecule has 0 rings (SSSR count). The second-order valence-corrected chi connectivity index (χ2v) is 2.56. The Kier molecular flexibility index (Phi) is 3.86. The Bertz CT molecular complexity index is 72.6. The molecule has 0 saturated heterocycles. The van der Waals surface area contributed by atoms with Gasteiger partial charge in [-0.3, -0.25) is 4.90 Å². The molecule has 2 N–H and O–H groups in total. The molecule has 3 atom stereocenters. The van der Waals surface area contributed by atoms with E-state index in [1.807, 2.05) is 6.92 Å². The van der Waals surface area contributed by atoms with Crippen molar-refractivity contribution in [1.82, 2.24) is 4.90 Å². The Morgan fingerprint density at radius 1 is 1.10 bits per heavy atom. The van der Waals surface area contributed by atoms with Crippen LogP contribution in [0.25, 0.3) is 0 Å². The lowest BCUT2D eigenvalue weighted by Gasteiger charge is -2.31. The van der Waals surface area contributed by atoms with Crippen molar-refractivity contribution >= 4 is 0 Å². The van der Waals surface area contributed by atoms with E-state index in [0.29, 0.717) is 0 Å². The normalized spacial score (nSPS) is 18.0. The van der Waals surface area contributed by atoms with Gasteiger partial charge in [0.05, 0.1) is 0 Å². The molecule has 0 aliphatic heterocycles. The molecule has 0 fully saturated rings. The summed E-state index contributed by atoms with van der Waals surface area (Å²) < 4.78 is 0. The van der Waals surface area contributed by atoms with Gasteiger partial charge in [0.1, 0.15) is 12.5 Å². The number of rotatable bonds is 3. The third kappa shape index (κ3) is 2.64. The first-order valence-corrected chi connectivity index (χ1v) is 3.43. The molecule has 3 unspecified atom stereocenters. The third-order valence-electron chi connectivity index (χ3n) is 1.37. The Labute approximate surface area is 62.3 Å². The SMILES string of the molecule is [CH2]C(C)N(C(C)O)C(C)O. The van der Waals surface area contributed by atoms with Crippen LogP contribution >= 0.6 is 0 Å². The number of aliphatic hydroxyl groups excluding tert-OH is 2. The summed E-state index contributed by atoms with van der Waals surface area (Å²) in [7, 11) is 0. The van der Waals surface area contributed by atoms with Crippen LogP contribution in [0.1, 0.15) is 20.8 Å². The lowest BCUT2D eigenvalue weighted by atomic mass is 10.3. The zero-order valence-electron chi connectivity index (χ0n) is 6.78. The largest absolute Gasteiger partial charge is 0.379 e. The first-order valence-electron chi connectivity index (χ1n) is 3.43. The Morgan fingerprint density at radius 3 is 1.40 bits per heavy atom. The minimum atomic E-state index is -0.646. The minimum absolute atomic E-state index is 0.0833. The molecule has 0 aromatic heterocycles. The van der Waals surface area contributed by atoms with Crippen molar-refractivity contribution in [2.24, 2.45) is 0 Å². The highest BCUT2D eigenvalue weighted by molar-refractivity contribution is 4.69. The number of hydrogen-bond donors (Lipinski definition) is 2. The molecule has 61 valence electrons. The van der Waals surface area contributed by atoms with Gasteiger partial charge in [0.2, 0.25) is 0 Å². The highest BCUT2D eigenvalue weighted by Crippen LogP contribution is 2.05. The average Bonchev–Trinajstić information content (AvgIpc) is 1.59. The number of hydrogen-bond acceptors (Lipinski definition) is 3. The Hall–Kier alpha value is -0.120. The summed E-state index contributed by atoms with van der Waals surface area (Å²) in [5, 5.41) is 18.2. The van der Waals surface area contributed by atoms with Crippen molar-refractivity contribution in [3.63, 3.8) is 0 Å². The first-order chi connectivity index (χ1) is 4.46. The maximum Gasteiger partial charge on any atom is 0.106 e. The molecule has 1 radical (unpaired) electrons. The fraction of sp³-hybridized carbons (Fsp3) is 0.857. The molecule has 3 heteroatoms. The highest BCUT2D eigenvalue weighted by atomic mass is 16.3. The van der Waals surface area contributed by atoms with E-state index in [2.05, 4.69) is 6.92 Å². The van der Waals surface area contributed by atoms with Gasteiger partial charge in [0.15, 0.2) is 0 Å². The van der Waals surface area contributed by atoms with E-state index in [1.165, 1.54) is 4.90 Å². The zero-order valence-corrected chi connectivity index (χ0v) is 6.78. The fourth-order valence-corrected chi connectivity index (χ4v) is 1.05. The summed E-state index contributed by atoms with van der Waals surface area (Å²) in [6.07, 6.45) is -1.29. The second-order valence-electron chi connectivity index (χ2n) is 2.56. The average molecular weight is 146 g/mol. The molecule has 0 spiro atoms. The molecule has 0 heterocycles. The Balaban J connectivity index is 3.98. The number of aliphatic hydroxyl groups is 2. The van der Waals surface area contributed by atoms with Crippen molar-refractivity contribution < 1.29 is 10.2 Å². The summed E-state index contributed by atoms with van der Waals surface area (Å²) in [5.74, 6) is 0. The predicted octanol–water partition coefficient (Wildman–Crippen LogP) is 0.188.